The molecule has 3 aromatic rings. The molecular formula is C31H40N2O3S. The number of ether oxygens (including phenoxy) is 1. The number of amides is 1. The first-order valence-electron chi connectivity index (χ1n) is 13.1. The summed E-state index contributed by atoms with van der Waals surface area (Å²) in [5.41, 5.74) is 6.75. The highest BCUT2D eigenvalue weighted by atomic mass is 32.2. The van der Waals surface area contributed by atoms with E-state index >= 15 is 0 Å². The van der Waals surface area contributed by atoms with Crippen LogP contribution in [0.5, 0.6) is 0 Å². The molecule has 0 bridgehead atoms. The third kappa shape index (κ3) is 8.32. The summed E-state index contributed by atoms with van der Waals surface area (Å²) >= 11 is 1.37. The summed E-state index contributed by atoms with van der Waals surface area (Å²) in [5, 5.41) is 4.22. The van der Waals surface area contributed by atoms with Crippen molar-refractivity contribution in [2.75, 3.05) is 0 Å². The van der Waals surface area contributed by atoms with E-state index in [-0.39, 0.29) is 5.12 Å². The number of rotatable bonds is 9. The van der Waals surface area contributed by atoms with Gasteiger partial charge in [0, 0.05) is 35.4 Å². The Morgan fingerprint density at radius 1 is 1.08 bits per heavy atom. The number of hydrogen-bond donors (Lipinski definition) is 1. The molecule has 0 aliphatic carbocycles. The van der Waals surface area contributed by atoms with Crippen molar-refractivity contribution in [3.8, 4) is 11.1 Å². The minimum Gasteiger partial charge on any atom is -0.444 e. The van der Waals surface area contributed by atoms with Gasteiger partial charge < -0.3 is 10.1 Å². The number of benzene rings is 2. The summed E-state index contributed by atoms with van der Waals surface area (Å²) in [6, 6.07) is 14.8. The fourth-order valence-corrected chi connectivity index (χ4v) is 5.06. The number of aryl methyl sites for hydroxylation is 1. The predicted molar refractivity (Wildman–Crippen MR) is 155 cm³/mol. The van der Waals surface area contributed by atoms with E-state index in [1.807, 2.05) is 27.7 Å². The van der Waals surface area contributed by atoms with Gasteiger partial charge in [-0.25, -0.2) is 4.79 Å². The van der Waals surface area contributed by atoms with Crippen LogP contribution in [0.2, 0.25) is 0 Å². The minimum absolute atomic E-state index is 0.217. The molecule has 198 valence electrons. The van der Waals surface area contributed by atoms with Crippen molar-refractivity contribution in [2.24, 2.45) is 5.92 Å². The molecule has 0 fully saturated rings. The maximum atomic E-state index is 12.6. The van der Waals surface area contributed by atoms with Gasteiger partial charge in [0.1, 0.15) is 5.60 Å². The Hall–Kier alpha value is -2.86. The third-order valence-corrected chi connectivity index (χ3v) is 6.84. The van der Waals surface area contributed by atoms with Crippen LogP contribution in [-0.4, -0.2) is 21.8 Å². The van der Waals surface area contributed by atoms with Crippen molar-refractivity contribution in [1.82, 2.24) is 10.3 Å². The molecule has 0 saturated heterocycles. The van der Waals surface area contributed by atoms with Gasteiger partial charge in [0.15, 0.2) is 5.12 Å². The van der Waals surface area contributed by atoms with Crippen molar-refractivity contribution >= 4 is 33.9 Å². The molecule has 0 unspecified atom stereocenters. The molecule has 1 heterocycles. The highest BCUT2D eigenvalue weighted by molar-refractivity contribution is 8.12. The molecule has 0 aliphatic heterocycles. The van der Waals surface area contributed by atoms with E-state index in [0.29, 0.717) is 24.6 Å². The van der Waals surface area contributed by atoms with Crippen molar-refractivity contribution in [2.45, 2.75) is 85.6 Å². The Morgan fingerprint density at radius 3 is 2.41 bits per heavy atom. The second kappa shape index (κ2) is 12.6. The molecule has 0 radical (unpaired) electrons. The van der Waals surface area contributed by atoms with Crippen LogP contribution >= 0.6 is 11.8 Å². The average molecular weight is 521 g/mol. The Kier molecular flexibility index (Phi) is 9.77. The van der Waals surface area contributed by atoms with Crippen LogP contribution in [0.3, 0.4) is 0 Å². The molecular weight excluding hydrogens is 480 g/mol. The number of hydrogen-bond acceptors (Lipinski definition) is 5. The summed E-state index contributed by atoms with van der Waals surface area (Å²) in [7, 11) is 0. The quantitative estimate of drug-likeness (QED) is 0.310. The lowest BCUT2D eigenvalue weighted by Crippen LogP contribution is -2.32. The molecule has 0 aliphatic rings. The van der Waals surface area contributed by atoms with Crippen LogP contribution in [-0.2, 0) is 28.2 Å². The molecule has 6 heteroatoms. The largest absolute Gasteiger partial charge is 0.444 e. The minimum atomic E-state index is -0.575. The first-order chi connectivity index (χ1) is 17.5. The Balaban J connectivity index is 2.15. The molecule has 1 aromatic heterocycles. The Bertz CT molecular complexity index is 1240. The Labute approximate surface area is 225 Å². The van der Waals surface area contributed by atoms with Crippen molar-refractivity contribution in [3.05, 3.63) is 64.8 Å². The summed E-state index contributed by atoms with van der Waals surface area (Å²) in [5.74, 6) is 1.03. The second-order valence-electron chi connectivity index (χ2n) is 11.0. The van der Waals surface area contributed by atoms with E-state index in [9.17, 15) is 9.59 Å². The number of thioether (sulfide) groups is 1. The number of nitrogens with zero attached hydrogens (tertiary/aromatic N) is 1. The lowest BCUT2D eigenvalue weighted by molar-refractivity contribution is -0.111. The molecule has 0 saturated carbocycles. The van der Waals surface area contributed by atoms with E-state index in [4.69, 9.17) is 9.72 Å². The molecule has 0 atom stereocenters. The smallest absolute Gasteiger partial charge is 0.407 e. The highest BCUT2D eigenvalue weighted by Crippen LogP contribution is 2.35. The fourth-order valence-electron chi connectivity index (χ4n) is 4.20. The van der Waals surface area contributed by atoms with Gasteiger partial charge >= 0.3 is 6.09 Å². The summed E-state index contributed by atoms with van der Waals surface area (Å²) < 4.78 is 5.52. The van der Waals surface area contributed by atoms with E-state index in [1.165, 1.54) is 17.3 Å². The highest BCUT2D eigenvalue weighted by Gasteiger charge is 2.21. The normalized spacial score (nSPS) is 11.7. The number of nitrogens with one attached hydrogen (secondary N) is 1. The fraction of sp³-hybridized carbons (Fsp3) is 0.452. The van der Waals surface area contributed by atoms with E-state index in [1.54, 1.807) is 0 Å². The predicted octanol–water partition coefficient (Wildman–Crippen LogP) is 7.99. The maximum absolute atomic E-state index is 12.6. The summed E-state index contributed by atoms with van der Waals surface area (Å²) in [4.78, 5) is 29.8. The summed E-state index contributed by atoms with van der Waals surface area (Å²) in [6.45, 7) is 14.3. The molecule has 0 spiro atoms. The van der Waals surface area contributed by atoms with Crippen LogP contribution in [0.1, 0.15) is 76.8 Å². The average Bonchev–Trinajstić information content (AvgIpc) is 2.80. The first-order valence-corrected chi connectivity index (χ1v) is 14.1. The number of pyridine rings is 1. The van der Waals surface area contributed by atoms with Gasteiger partial charge in [-0.05, 0) is 75.3 Å². The second-order valence-corrected chi connectivity index (χ2v) is 12.0. The standard InChI is InChI=1S/C31H40N2O3S/c1-8-9-28(34)37-19-22-12-15-26-24(17-22)29(23-13-10-21(4)11-14-23)25(27(33-26)16-20(2)3)18-32-30(35)36-31(5,6)7/h10-15,17,20H,8-9,16,18-19H2,1-7H3,(H,32,35). The van der Waals surface area contributed by atoms with E-state index in [0.717, 1.165) is 51.7 Å². The maximum Gasteiger partial charge on any atom is 0.407 e. The number of carbonyl (C=O) groups is 2. The van der Waals surface area contributed by atoms with Crippen LogP contribution in [0, 0.1) is 12.8 Å². The monoisotopic (exact) mass is 520 g/mol. The van der Waals surface area contributed by atoms with Gasteiger partial charge in [-0.1, -0.05) is 68.4 Å². The van der Waals surface area contributed by atoms with Crippen LogP contribution in [0.25, 0.3) is 22.0 Å². The van der Waals surface area contributed by atoms with Crippen molar-refractivity contribution in [3.63, 3.8) is 0 Å². The van der Waals surface area contributed by atoms with Gasteiger partial charge in [0.2, 0.25) is 0 Å². The summed E-state index contributed by atoms with van der Waals surface area (Å²) in [6.07, 6.45) is 1.80. The number of alkyl carbamates (subject to hydrolysis) is 1. The van der Waals surface area contributed by atoms with Gasteiger partial charge in [-0.2, -0.15) is 0 Å². The SMILES string of the molecule is CCCC(=O)SCc1ccc2nc(CC(C)C)c(CNC(=O)OC(C)(C)C)c(-c3ccc(C)cc3)c2c1. The van der Waals surface area contributed by atoms with Crippen molar-refractivity contribution < 1.29 is 14.3 Å². The number of fused-ring (bicyclic) bond motifs is 1. The van der Waals surface area contributed by atoms with Crippen LogP contribution in [0.15, 0.2) is 42.5 Å². The Morgan fingerprint density at radius 2 is 1.78 bits per heavy atom. The molecule has 37 heavy (non-hydrogen) atoms. The van der Waals surface area contributed by atoms with Gasteiger partial charge in [0.05, 0.1) is 5.52 Å². The van der Waals surface area contributed by atoms with E-state index < -0.39 is 11.7 Å². The molecule has 1 amide bonds. The number of carbonyl (C=O) groups excluding carboxylic acids is 2. The zero-order chi connectivity index (χ0) is 27.2. The molecule has 1 N–H and O–H groups in total. The van der Waals surface area contributed by atoms with Crippen LogP contribution < -0.4 is 5.32 Å². The molecule has 2 aromatic carbocycles. The van der Waals surface area contributed by atoms with Gasteiger partial charge in [-0.3, -0.25) is 9.78 Å². The van der Waals surface area contributed by atoms with Gasteiger partial charge in [0.25, 0.3) is 0 Å². The topological polar surface area (TPSA) is 68.3 Å². The zero-order valence-corrected chi connectivity index (χ0v) is 24.1. The van der Waals surface area contributed by atoms with E-state index in [2.05, 4.69) is 68.6 Å². The molecule has 5 nitrogen and oxygen atoms in total. The van der Waals surface area contributed by atoms with Crippen LogP contribution in [0.4, 0.5) is 4.79 Å². The van der Waals surface area contributed by atoms with Gasteiger partial charge in [-0.15, -0.1) is 0 Å². The molecule has 3 rings (SSSR count). The third-order valence-electron chi connectivity index (χ3n) is 5.84. The first kappa shape index (κ1) is 28.7. The van der Waals surface area contributed by atoms with Crippen molar-refractivity contribution in [1.29, 1.82) is 0 Å². The zero-order valence-electron chi connectivity index (χ0n) is 23.2. The number of aromatic nitrogens is 1. The lowest BCUT2D eigenvalue weighted by atomic mass is 9.90. The lowest BCUT2D eigenvalue weighted by Gasteiger charge is -2.22.